The maximum absolute atomic E-state index is 13.3. The van der Waals surface area contributed by atoms with Crippen LogP contribution in [0.25, 0.3) is 0 Å². The summed E-state index contributed by atoms with van der Waals surface area (Å²) in [4.78, 5) is 26.4. The molecule has 0 aliphatic carbocycles. The maximum Gasteiger partial charge on any atom is 0.414 e. The lowest BCUT2D eigenvalue weighted by atomic mass is 10.1. The number of anilines is 1. The molecule has 2 amide bonds. The van der Waals surface area contributed by atoms with E-state index in [-0.39, 0.29) is 29.4 Å². The molecule has 0 radical (unpaired) electrons. The van der Waals surface area contributed by atoms with E-state index in [0.29, 0.717) is 17.1 Å². The number of amides is 2. The number of hydrogen-bond donors (Lipinski definition) is 1. The second kappa shape index (κ2) is 10.9. The van der Waals surface area contributed by atoms with Crippen LogP contribution in [0, 0.1) is 12.7 Å². The average Bonchev–Trinajstić information content (AvgIpc) is 2.61. The molecule has 28 heavy (non-hydrogen) atoms. The van der Waals surface area contributed by atoms with Crippen LogP contribution >= 0.6 is 24.0 Å². The Labute approximate surface area is 175 Å². The van der Waals surface area contributed by atoms with E-state index in [2.05, 4.69) is 5.32 Å². The molecule has 0 saturated heterocycles. The Bertz CT molecular complexity index is 846. The minimum Gasteiger partial charge on any atom is -0.409 e. The van der Waals surface area contributed by atoms with E-state index in [1.54, 1.807) is 26.1 Å². The largest absolute Gasteiger partial charge is 0.414 e. The first-order valence-electron chi connectivity index (χ1n) is 8.61. The summed E-state index contributed by atoms with van der Waals surface area (Å²) in [5, 5.41) is 2.92. The van der Waals surface area contributed by atoms with Crippen LogP contribution in [0.4, 0.5) is 14.9 Å². The van der Waals surface area contributed by atoms with Gasteiger partial charge in [-0.05, 0) is 49.2 Å². The van der Waals surface area contributed by atoms with Crippen molar-refractivity contribution in [3.63, 3.8) is 0 Å². The first kappa shape index (κ1) is 23.7. The van der Waals surface area contributed by atoms with E-state index < -0.39 is 17.8 Å². The number of nitrogens with one attached hydrogen (secondary N) is 1. The number of carbonyl (C=O) groups excluding carboxylic acids is 2. The predicted octanol–water partition coefficient (Wildman–Crippen LogP) is 5.69. The van der Waals surface area contributed by atoms with Gasteiger partial charge in [-0.3, -0.25) is 4.79 Å². The molecule has 2 aromatic rings. The lowest BCUT2D eigenvalue weighted by Crippen LogP contribution is -2.31. The van der Waals surface area contributed by atoms with Crippen molar-refractivity contribution in [1.29, 1.82) is 0 Å². The first-order valence-corrected chi connectivity index (χ1v) is 8.99. The average molecular weight is 429 g/mol. The highest BCUT2D eigenvalue weighted by molar-refractivity contribution is 6.31. The van der Waals surface area contributed by atoms with Gasteiger partial charge in [0.25, 0.3) is 5.91 Å². The molecule has 8 heteroatoms. The number of hydrogen-bond acceptors (Lipinski definition) is 3. The quantitative estimate of drug-likeness (QED) is 0.642. The van der Waals surface area contributed by atoms with Crippen LogP contribution in [0.2, 0.25) is 5.02 Å². The van der Waals surface area contributed by atoms with E-state index in [1.807, 2.05) is 6.92 Å². The molecule has 0 bridgehead atoms. The molecule has 0 spiro atoms. The SMILES string of the molecule is CCCCN(C)C(=O)Oc1c(C)cc(Cl)cc1C(=O)Nc1cccc(F)c1.Cl. The van der Waals surface area contributed by atoms with Crippen LogP contribution in [-0.4, -0.2) is 30.5 Å². The molecule has 2 aromatic carbocycles. The monoisotopic (exact) mass is 428 g/mol. The Balaban J connectivity index is 0.00000392. The van der Waals surface area contributed by atoms with Gasteiger partial charge in [0.1, 0.15) is 11.6 Å². The fraction of sp³-hybridized carbons (Fsp3) is 0.300. The standard InChI is InChI=1S/C20H22ClFN2O3.ClH/c1-4-5-9-24(3)20(26)27-18-13(2)10-14(21)11-17(18)19(25)23-16-8-6-7-15(22)12-16;/h6-8,10-12H,4-5,9H2,1-3H3,(H,23,25);1H. The summed E-state index contributed by atoms with van der Waals surface area (Å²) in [6.07, 6.45) is 1.23. The molecule has 5 nitrogen and oxygen atoms in total. The summed E-state index contributed by atoms with van der Waals surface area (Å²) in [6, 6.07) is 8.53. The van der Waals surface area contributed by atoms with E-state index in [9.17, 15) is 14.0 Å². The summed E-state index contributed by atoms with van der Waals surface area (Å²) in [5.41, 5.74) is 0.931. The van der Waals surface area contributed by atoms with Gasteiger partial charge < -0.3 is 15.0 Å². The Morgan fingerprint density at radius 2 is 1.96 bits per heavy atom. The molecular formula is C20H23Cl2FN2O3. The number of halogens is 3. The summed E-state index contributed by atoms with van der Waals surface area (Å²) in [5.74, 6) is -0.897. The summed E-state index contributed by atoms with van der Waals surface area (Å²) in [7, 11) is 1.63. The Morgan fingerprint density at radius 3 is 2.61 bits per heavy atom. The Morgan fingerprint density at radius 1 is 1.25 bits per heavy atom. The third kappa shape index (κ3) is 6.39. The van der Waals surface area contributed by atoms with Gasteiger partial charge in [0.15, 0.2) is 0 Å². The smallest absolute Gasteiger partial charge is 0.409 e. The number of unbranched alkanes of at least 4 members (excludes halogenated alkanes) is 1. The highest BCUT2D eigenvalue weighted by atomic mass is 35.5. The lowest BCUT2D eigenvalue weighted by Gasteiger charge is -2.19. The third-order valence-electron chi connectivity index (χ3n) is 3.91. The number of ether oxygens (including phenoxy) is 1. The minimum absolute atomic E-state index is 0. The van der Waals surface area contributed by atoms with Crippen molar-refractivity contribution in [1.82, 2.24) is 4.90 Å². The molecule has 0 saturated carbocycles. The fourth-order valence-electron chi connectivity index (χ4n) is 2.45. The van der Waals surface area contributed by atoms with Crippen molar-refractivity contribution < 1.29 is 18.7 Å². The van der Waals surface area contributed by atoms with Crippen molar-refractivity contribution in [2.45, 2.75) is 26.7 Å². The van der Waals surface area contributed by atoms with Gasteiger partial charge >= 0.3 is 6.09 Å². The number of benzene rings is 2. The van der Waals surface area contributed by atoms with E-state index in [0.717, 1.165) is 12.8 Å². The normalized spacial score (nSPS) is 10.0. The van der Waals surface area contributed by atoms with Crippen LogP contribution in [0.5, 0.6) is 5.75 Å². The van der Waals surface area contributed by atoms with Gasteiger partial charge in [-0.15, -0.1) is 12.4 Å². The van der Waals surface area contributed by atoms with Crippen molar-refractivity contribution >= 4 is 41.7 Å². The highest BCUT2D eigenvalue weighted by Crippen LogP contribution is 2.29. The third-order valence-corrected chi connectivity index (χ3v) is 4.13. The topological polar surface area (TPSA) is 58.6 Å². The summed E-state index contributed by atoms with van der Waals surface area (Å²) < 4.78 is 18.8. The molecule has 0 aromatic heterocycles. The summed E-state index contributed by atoms with van der Waals surface area (Å²) >= 11 is 6.07. The van der Waals surface area contributed by atoms with Gasteiger partial charge in [0, 0.05) is 24.3 Å². The van der Waals surface area contributed by atoms with Gasteiger partial charge in [-0.25, -0.2) is 9.18 Å². The highest BCUT2D eigenvalue weighted by Gasteiger charge is 2.21. The molecule has 0 aliphatic heterocycles. The zero-order chi connectivity index (χ0) is 20.0. The van der Waals surface area contributed by atoms with E-state index in [1.165, 1.54) is 29.2 Å². The maximum atomic E-state index is 13.3. The zero-order valence-electron chi connectivity index (χ0n) is 15.9. The molecule has 0 unspecified atom stereocenters. The van der Waals surface area contributed by atoms with Crippen molar-refractivity contribution in [3.05, 3.63) is 58.4 Å². The molecule has 152 valence electrons. The molecular weight excluding hydrogens is 406 g/mol. The van der Waals surface area contributed by atoms with Gasteiger partial charge in [0.05, 0.1) is 5.56 Å². The van der Waals surface area contributed by atoms with Crippen LogP contribution < -0.4 is 10.1 Å². The second-order valence-electron chi connectivity index (χ2n) is 6.21. The predicted molar refractivity (Wildman–Crippen MR) is 111 cm³/mol. The zero-order valence-corrected chi connectivity index (χ0v) is 17.5. The van der Waals surface area contributed by atoms with Crippen molar-refractivity contribution in [2.24, 2.45) is 0 Å². The second-order valence-corrected chi connectivity index (χ2v) is 6.64. The van der Waals surface area contributed by atoms with Gasteiger partial charge in [-0.2, -0.15) is 0 Å². The first-order chi connectivity index (χ1) is 12.8. The molecule has 1 N–H and O–H groups in total. The summed E-state index contributed by atoms with van der Waals surface area (Å²) in [6.45, 7) is 4.27. The van der Waals surface area contributed by atoms with Crippen LogP contribution in [-0.2, 0) is 0 Å². The minimum atomic E-state index is -0.561. The molecule has 0 aliphatic rings. The number of carbonyl (C=O) groups is 2. The molecule has 0 fully saturated rings. The fourth-order valence-corrected chi connectivity index (χ4v) is 2.72. The van der Waals surface area contributed by atoms with Crippen molar-refractivity contribution in [2.75, 3.05) is 18.9 Å². The lowest BCUT2D eigenvalue weighted by molar-refractivity contribution is 0.102. The van der Waals surface area contributed by atoms with E-state index >= 15 is 0 Å². The van der Waals surface area contributed by atoms with Crippen LogP contribution in [0.1, 0.15) is 35.7 Å². The van der Waals surface area contributed by atoms with E-state index in [4.69, 9.17) is 16.3 Å². The van der Waals surface area contributed by atoms with Gasteiger partial charge in [0.2, 0.25) is 0 Å². The van der Waals surface area contributed by atoms with Crippen LogP contribution in [0.15, 0.2) is 36.4 Å². The molecule has 2 rings (SSSR count). The molecule has 0 heterocycles. The Kier molecular flexibility index (Phi) is 9.22. The number of nitrogens with zero attached hydrogens (tertiary/aromatic N) is 1. The molecule has 0 atom stereocenters. The number of aryl methyl sites for hydroxylation is 1. The van der Waals surface area contributed by atoms with Crippen molar-refractivity contribution in [3.8, 4) is 5.75 Å². The Hall–Kier alpha value is -2.31. The van der Waals surface area contributed by atoms with Gasteiger partial charge in [-0.1, -0.05) is 31.0 Å². The van der Waals surface area contributed by atoms with Crippen LogP contribution in [0.3, 0.4) is 0 Å². The number of rotatable bonds is 6.